The number of anilines is 1. The van der Waals surface area contributed by atoms with Crippen molar-refractivity contribution in [2.45, 2.75) is 0 Å². The summed E-state index contributed by atoms with van der Waals surface area (Å²) in [7, 11) is 0. The van der Waals surface area contributed by atoms with Gasteiger partial charge in [0.1, 0.15) is 5.82 Å². The molecule has 0 aliphatic rings. The highest BCUT2D eigenvalue weighted by atomic mass is 35.5. The number of nitrogens with two attached hydrogens (primary N) is 1. The Bertz CT molecular complexity index is 608. The number of nitrogens with zero attached hydrogens (tertiary/aromatic N) is 1. The topological polar surface area (TPSA) is 48.1 Å². The Kier molecular flexibility index (Phi) is 3.54. The fourth-order valence-corrected chi connectivity index (χ4v) is 1.54. The number of aromatic nitrogens is 1. The van der Waals surface area contributed by atoms with Crippen LogP contribution in [0.1, 0.15) is 0 Å². The van der Waals surface area contributed by atoms with E-state index in [0.29, 0.717) is 6.07 Å². The van der Waals surface area contributed by atoms with E-state index in [9.17, 15) is 8.78 Å². The summed E-state index contributed by atoms with van der Waals surface area (Å²) < 4.78 is 31.1. The first-order valence-corrected chi connectivity index (χ1v) is 5.46. The normalized spacial score (nSPS) is 10.4. The maximum atomic E-state index is 13.3. The molecule has 0 fully saturated rings. The summed E-state index contributed by atoms with van der Waals surface area (Å²) in [4.78, 5) is 3.46. The van der Waals surface area contributed by atoms with Gasteiger partial charge < -0.3 is 10.5 Å². The van der Waals surface area contributed by atoms with Crippen LogP contribution in [-0.4, -0.2) is 4.98 Å². The van der Waals surface area contributed by atoms with Crippen molar-refractivity contribution in [2.24, 2.45) is 0 Å². The van der Waals surface area contributed by atoms with Crippen LogP contribution in [0.2, 0.25) is 10.0 Å². The molecule has 94 valence electrons. The number of nitrogen functional groups attached to an aromatic ring is 1. The summed E-state index contributed by atoms with van der Waals surface area (Å²) in [5.74, 6) is -2.06. The quantitative estimate of drug-likeness (QED) is 0.849. The molecule has 7 heteroatoms. The van der Waals surface area contributed by atoms with E-state index in [2.05, 4.69) is 4.98 Å². The molecular formula is C11H6Cl2F2N2O. The molecule has 1 aromatic carbocycles. The van der Waals surface area contributed by atoms with Crippen molar-refractivity contribution in [3.05, 3.63) is 46.1 Å². The average Bonchev–Trinajstić information content (AvgIpc) is 2.29. The first kappa shape index (κ1) is 12.9. The molecule has 0 radical (unpaired) electrons. The Hall–Kier alpha value is -1.59. The van der Waals surface area contributed by atoms with Crippen molar-refractivity contribution >= 4 is 28.9 Å². The van der Waals surface area contributed by atoms with Crippen LogP contribution in [-0.2, 0) is 0 Å². The molecule has 0 atom stereocenters. The Morgan fingerprint density at radius 1 is 1.11 bits per heavy atom. The van der Waals surface area contributed by atoms with Gasteiger partial charge in [-0.15, -0.1) is 0 Å². The zero-order chi connectivity index (χ0) is 13.3. The van der Waals surface area contributed by atoms with E-state index in [-0.39, 0.29) is 21.5 Å². The van der Waals surface area contributed by atoms with Gasteiger partial charge in [0.25, 0.3) is 5.88 Å². The molecular weight excluding hydrogens is 285 g/mol. The Labute approximate surface area is 111 Å². The molecule has 2 rings (SSSR count). The Morgan fingerprint density at radius 2 is 1.78 bits per heavy atom. The third-order valence-corrected chi connectivity index (χ3v) is 2.76. The second-order valence-corrected chi connectivity index (χ2v) is 4.16. The number of rotatable bonds is 2. The smallest absolute Gasteiger partial charge is 0.256 e. The Morgan fingerprint density at radius 3 is 2.44 bits per heavy atom. The maximum Gasteiger partial charge on any atom is 0.256 e. The molecule has 0 aliphatic carbocycles. The molecule has 3 nitrogen and oxygen atoms in total. The first-order valence-electron chi connectivity index (χ1n) is 4.71. The van der Waals surface area contributed by atoms with Gasteiger partial charge in [0, 0.05) is 12.1 Å². The van der Waals surface area contributed by atoms with Gasteiger partial charge in [-0.2, -0.15) is 0 Å². The lowest BCUT2D eigenvalue weighted by atomic mass is 10.3. The van der Waals surface area contributed by atoms with Crippen LogP contribution in [0.25, 0.3) is 0 Å². The van der Waals surface area contributed by atoms with Gasteiger partial charge >= 0.3 is 0 Å². The van der Waals surface area contributed by atoms with Crippen LogP contribution in [0, 0.1) is 11.6 Å². The van der Waals surface area contributed by atoms with E-state index in [4.69, 9.17) is 33.7 Å². The molecule has 0 saturated carbocycles. The highest BCUT2D eigenvalue weighted by Crippen LogP contribution is 2.35. The van der Waals surface area contributed by atoms with Gasteiger partial charge in [-0.25, -0.2) is 13.8 Å². The number of hydrogen-bond donors (Lipinski definition) is 1. The van der Waals surface area contributed by atoms with Gasteiger partial charge in [0.2, 0.25) is 0 Å². The standard InChI is InChI=1S/C11H6Cl2F2N2O/c12-6-2-9(16)10(3-7(6)13)18-11-8(15)1-5(14)4-17-11/h1-4H,16H2. The molecule has 18 heavy (non-hydrogen) atoms. The van der Waals surface area contributed by atoms with Gasteiger partial charge in [0.05, 0.1) is 21.9 Å². The van der Waals surface area contributed by atoms with E-state index in [1.807, 2.05) is 0 Å². The highest BCUT2D eigenvalue weighted by molar-refractivity contribution is 6.42. The van der Waals surface area contributed by atoms with Gasteiger partial charge in [-0.1, -0.05) is 23.2 Å². The van der Waals surface area contributed by atoms with E-state index in [1.54, 1.807) is 0 Å². The lowest BCUT2D eigenvalue weighted by molar-refractivity contribution is 0.418. The van der Waals surface area contributed by atoms with Crippen molar-refractivity contribution in [3.8, 4) is 11.6 Å². The maximum absolute atomic E-state index is 13.3. The van der Waals surface area contributed by atoms with Crippen LogP contribution >= 0.6 is 23.2 Å². The van der Waals surface area contributed by atoms with Crippen molar-refractivity contribution in [3.63, 3.8) is 0 Å². The van der Waals surface area contributed by atoms with Crippen LogP contribution in [0.3, 0.4) is 0 Å². The number of pyridine rings is 1. The van der Waals surface area contributed by atoms with Gasteiger partial charge in [-0.3, -0.25) is 0 Å². The number of halogens is 4. The predicted octanol–water partition coefficient (Wildman–Crippen LogP) is 4.04. The van der Waals surface area contributed by atoms with E-state index in [0.717, 1.165) is 6.20 Å². The van der Waals surface area contributed by atoms with Crippen molar-refractivity contribution in [1.82, 2.24) is 4.98 Å². The van der Waals surface area contributed by atoms with E-state index < -0.39 is 17.5 Å². The summed E-state index contributed by atoms with van der Waals surface area (Å²) in [6.07, 6.45) is 0.826. The number of benzene rings is 1. The van der Waals surface area contributed by atoms with Crippen LogP contribution < -0.4 is 10.5 Å². The molecule has 0 unspecified atom stereocenters. The number of ether oxygens (including phenoxy) is 1. The third-order valence-electron chi connectivity index (χ3n) is 2.03. The molecule has 1 aromatic heterocycles. The molecule has 0 aliphatic heterocycles. The minimum absolute atomic E-state index is 0.0856. The van der Waals surface area contributed by atoms with Crippen molar-refractivity contribution < 1.29 is 13.5 Å². The van der Waals surface area contributed by atoms with Gasteiger partial charge in [-0.05, 0) is 6.07 Å². The molecule has 0 amide bonds. The predicted molar refractivity (Wildman–Crippen MR) is 65.1 cm³/mol. The molecule has 1 heterocycles. The zero-order valence-corrected chi connectivity index (χ0v) is 10.3. The zero-order valence-electron chi connectivity index (χ0n) is 8.75. The monoisotopic (exact) mass is 290 g/mol. The highest BCUT2D eigenvalue weighted by Gasteiger charge is 2.12. The van der Waals surface area contributed by atoms with Crippen LogP contribution in [0.4, 0.5) is 14.5 Å². The van der Waals surface area contributed by atoms with Crippen LogP contribution in [0.5, 0.6) is 11.6 Å². The second kappa shape index (κ2) is 4.96. The second-order valence-electron chi connectivity index (χ2n) is 3.35. The largest absolute Gasteiger partial charge is 0.434 e. The lowest BCUT2D eigenvalue weighted by Gasteiger charge is -2.09. The fourth-order valence-electron chi connectivity index (χ4n) is 1.21. The first-order chi connectivity index (χ1) is 8.47. The Balaban J connectivity index is 2.37. The fraction of sp³-hybridized carbons (Fsp3) is 0. The van der Waals surface area contributed by atoms with Crippen LogP contribution in [0.15, 0.2) is 24.4 Å². The SMILES string of the molecule is Nc1cc(Cl)c(Cl)cc1Oc1ncc(F)cc1F. The minimum Gasteiger partial charge on any atom is -0.434 e. The molecule has 0 bridgehead atoms. The van der Waals surface area contributed by atoms with E-state index >= 15 is 0 Å². The minimum atomic E-state index is -0.944. The lowest BCUT2D eigenvalue weighted by Crippen LogP contribution is -1.97. The molecule has 0 spiro atoms. The van der Waals surface area contributed by atoms with Gasteiger partial charge in [0.15, 0.2) is 11.6 Å². The summed E-state index contributed by atoms with van der Waals surface area (Å²) in [6, 6.07) is 3.33. The summed E-state index contributed by atoms with van der Waals surface area (Å²) >= 11 is 11.5. The molecule has 0 saturated heterocycles. The summed E-state index contributed by atoms with van der Waals surface area (Å²) in [5, 5.41) is 0.442. The average molecular weight is 291 g/mol. The van der Waals surface area contributed by atoms with E-state index in [1.165, 1.54) is 12.1 Å². The summed E-state index contributed by atoms with van der Waals surface area (Å²) in [5.41, 5.74) is 5.79. The van der Waals surface area contributed by atoms with Crippen molar-refractivity contribution in [1.29, 1.82) is 0 Å². The third kappa shape index (κ3) is 2.63. The molecule has 2 N–H and O–H groups in total. The summed E-state index contributed by atoms with van der Waals surface area (Å²) in [6.45, 7) is 0. The molecule has 2 aromatic rings. The number of hydrogen-bond acceptors (Lipinski definition) is 3. The van der Waals surface area contributed by atoms with Crippen molar-refractivity contribution in [2.75, 3.05) is 5.73 Å².